The van der Waals surface area contributed by atoms with Crippen molar-refractivity contribution in [3.05, 3.63) is 53.1 Å². The number of aromatic amines is 1. The second-order valence-electron chi connectivity index (χ2n) is 6.46. The van der Waals surface area contributed by atoms with E-state index in [1.807, 2.05) is 0 Å². The van der Waals surface area contributed by atoms with E-state index in [0.717, 1.165) is 0 Å². The third-order valence-electron chi connectivity index (χ3n) is 4.55. The molecule has 1 N–H and O–H groups in total. The first-order valence-corrected chi connectivity index (χ1v) is 11.7. The van der Waals surface area contributed by atoms with Crippen molar-refractivity contribution in [2.45, 2.75) is 10.1 Å². The van der Waals surface area contributed by atoms with Gasteiger partial charge >= 0.3 is 0 Å². The van der Waals surface area contributed by atoms with Crippen LogP contribution in [0.5, 0.6) is 0 Å². The van der Waals surface area contributed by atoms with E-state index in [1.165, 1.54) is 16.1 Å². The number of nitrogens with zero attached hydrogens (tertiary/aromatic N) is 2. The highest BCUT2D eigenvalue weighted by molar-refractivity contribution is 7.99. The van der Waals surface area contributed by atoms with E-state index in [-0.39, 0.29) is 16.4 Å². The Balaban J connectivity index is 1.49. The van der Waals surface area contributed by atoms with E-state index in [0.29, 0.717) is 53.1 Å². The lowest BCUT2D eigenvalue weighted by atomic mass is 10.1. The normalized spacial score (nSPS) is 15.6. The van der Waals surface area contributed by atoms with Crippen molar-refractivity contribution in [1.29, 1.82) is 0 Å². The number of hydrogen-bond donors (Lipinski definition) is 1. The predicted molar refractivity (Wildman–Crippen MR) is 112 cm³/mol. The van der Waals surface area contributed by atoms with Gasteiger partial charge in [0.25, 0.3) is 0 Å². The van der Waals surface area contributed by atoms with Crippen LogP contribution in [0.25, 0.3) is 11.0 Å². The zero-order chi connectivity index (χ0) is 20.4. The molecule has 1 fully saturated rings. The molecule has 0 spiro atoms. The number of carbonyl (C=O) groups is 1. The number of ketones is 1. The highest BCUT2D eigenvalue weighted by Crippen LogP contribution is 2.25. The summed E-state index contributed by atoms with van der Waals surface area (Å²) < 4.78 is 32.3. The van der Waals surface area contributed by atoms with Crippen LogP contribution >= 0.6 is 23.4 Å². The zero-order valence-corrected chi connectivity index (χ0v) is 17.7. The summed E-state index contributed by atoms with van der Waals surface area (Å²) in [5.74, 6) is 0.170. The zero-order valence-electron chi connectivity index (χ0n) is 15.3. The summed E-state index contributed by atoms with van der Waals surface area (Å²) >= 11 is 7.11. The van der Waals surface area contributed by atoms with Gasteiger partial charge in [0.2, 0.25) is 10.0 Å². The van der Waals surface area contributed by atoms with Crippen molar-refractivity contribution in [3.8, 4) is 0 Å². The van der Waals surface area contributed by atoms with Gasteiger partial charge in [-0.2, -0.15) is 4.31 Å². The smallest absolute Gasteiger partial charge is 0.243 e. The second-order valence-corrected chi connectivity index (χ2v) is 9.79. The van der Waals surface area contributed by atoms with Crippen molar-refractivity contribution in [2.24, 2.45) is 0 Å². The number of nitrogens with one attached hydrogen (secondary N) is 1. The minimum Gasteiger partial charge on any atom is -0.379 e. The predicted octanol–water partition coefficient (Wildman–Crippen LogP) is 3.21. The minimum atomic E-state index is -3.58. The van der Waals surface area contributed by atoms with Crippen LogP contribution in [0, 0.1) is 0 Å². The van der Waals surface area contributed by atoms with E-state index < -0.39 is 10.0 Å². The fraction of sp³-hybridized carbons (Fsp3) is 0.263. The quantitative estimate of drug-likeness (QED) is 0.457. The van der Waals surface area contributed by atoms with E-state index in [9.17, 15) is 13.2 Å². The molecule has 0 atom stereocenters. The largest absolute Gasteiger partial charge is 0.379 e. The van der Waals surface area contributed by atoms with Crippen LogP contribution in [0.15, 0.2) is 52.5 Å². The minimum absolute atomic E-state index is 0.0392. The third kappa shape index (κ3) is 4.49. The number of H-pyrrole nitrogens is 1. The first kappa shape index (κ1) is 20.4. The number of Topliss-reactive ketones (excluding diaryl/α,β-unsaturated/α-hetero) is 1. The SMILES string of the molecule is O=C(CSc1nc2ccc(S(=O)(=O)N3CCOCC3)cc2[nH]1)c1ccc(Cl)cc1. The third-order valence-corrected chi connectivity index (χ3v) is 7.57. The van der Waals surface area contributed by atoms with Crippen LogP contribution < -0.4 is 0 Å². The Bertz CT molecular complexity index is 1140. The van der Waals surface area contributed by atoms with Crippen molar-refractivity contribution in [2.75, 3.05) is 32.1 Å². The monoisotopic (exact) mass is 451 g/mol. The maximum absolute atomic E-state index is 12.8. The maximum Gasteiger partial charge on any atom is 0.243 e. The number of rotatable bonds is 6. The van der Waals surface area contributed by atoms with Crippen LogP contribution in [0.3, 0.4) is 0 Å². The lowest BCUT2D eigenvalue weighted by Gasteiger charge is -2.25. The molecule has 0 bridgehead atoms. The molecule has 2 aromatic carbocycles. The molecule has 2 heterocycles. The van der Waals surface area contributed by atoms with Gasteiger partial charge in [-0.15, -0.1) is 0 Å². The molecule has 3 aromatic rings. The molecular formula is C19H18ClN3O4S2. The summed E-state index contributed by atoms with van der Waals surface area (Å²) in [6.45, 7) is 1.48. The van der Waals surface area contributed by atoms with Gasteiger partial charge in [-0.25, -0.2) is 13.4 Å². The molecule has 4 rings (SSSR count). The number of ether oxygens (including phenoxy) is 1. The molecule has 1 aromatic heterocycles. The molecule has 0 amide bonds. The van der Waals surface area contributed by atoms with Crippen molar-refractivity contribution < 1.29 is 17.9 Å². The van der Waals surface area contributed by atoms with Crippen LogP contribution in [-0.2, 0) is 14.8 Å². The Hall–Kier alpha value is -1.91. The number of morpholine rings is 1. The summed E-state index contributed by atoms with van der Waals surface area (Å²) in [6.07, 6.45) is 0. The van der Waals surface area contributed by atoms with Gasteiger partial charge in [0.05, 0.1) is 34.9 Å². The molecule has 0 unspecified atom stereocenters. The molecule has 10 heteroatoms. The summed E-state index contributed by atoms with van der Waals surface area (Å²) in [5, 5.41) is 1.14. The fourth-order valence-electron chi connectivity index (χ4n) is 2.98. The maximum atomic E-state index is 12.8. The Kier molecular flexibility index (Phi) is 5.93. The number of aromatic nitrogens is 2. The van der Waals surface area contributed by atoms with Crippen molar-refractivity contribution in [1.82, 2.24) is 14.3 Å². The molecule has 7 nitrogen and oxygen atoms in total. The fourth-order valence-corrected chi connectivity index (χ4v) is 5.32. The molecule has 0 saturated carbocycles. The van der Waals surface area contributed by atoms with E-state index in [4.69, 9.17) is 16.3 Å². The van der Waals surface area contributed by atoms with Gasteiger partial charge in [-0.05, 0) is 42.5 Å². The summed E-state index contributed by atoms with van der Waals surface area (Å²) in [7, 11) is -3.58. The Morgan fingerprint density at radius 2 is 1.90 bits per heavy atom. The molecule has 0 aliphatic carbocycles. The molecular weight excluding hydrogens is 434 g/mol. The Labute approximate surface area is 177 Å². The second kappa shape index (κ2) is 8.45. The van der Waals surface area contributed by atoms with Crippen LogP contribution in [0.1, 0.15) is 10.4 Å². The van der Waals surface area contributed by atoms with Gasteiger partial charge in [0.1, 0.15) is 0 Å². The number of imidazole rings is 1. The average Bonchev–Trinajstić information content (AvgIpc) is 3.15. The number of thioether (sulfide) groups is 1. The number of carbonyl (C=O) groups excluding carboxylic acids is 1. The van der Waals surface area contributed by atoms with Crippen LogP contribution in [-0.4, -0.2) is 60.5 Å². The number of benzene rings is 2. The van der Waals surface area contributed by atoms with Gasteiger partial charge in [-0.3, -0.25) is 4.79 Å². The van der Waals surface area contributed by atoms with E-state index in [2.05, 4.69) is 9.97 Å². The van der Waals surface area contributed by atoms with Gasteiger partial charge in [0, 0.05) is 23.7 Å². The molecule has 1 aliphatic rings. The van der Waals surface area contributed by atoms with Gasteiger partial charge < -0.3 is 9.72 Å². The number of fused-ring (bicyclic) bond motifs is 1. The lowest BCUT2D eigenvalue weighted by molar-refractivity contribution is 0.0730. The van der Waals surface area contributed by atoms with Crippen LogP contribution in [0.4, 0.5) is 0 Å². The van der Waals surface area contributed by atoms with E-state index >= 15 is 0 Å². The van der Waals surface area contributed by atoms with Crippen molar-refractivity contribution >= 4 is 50.2 Å². The lowest BCUT2D eigenvalue weighted by Crippen LogP contribution is -2.40. The highest BCUT2D eigenvalue weighted by atomic mass is 35.5. The number of halogens is 1. The molecule has 152 valence electrons. The highest BCUT2D eigenvalue weighted by Gasteiger charge is 2.26. The van der Waals surface area contributed by atoms with E-state index in [1.54, 1.807) is 42.5 Å². The molecule has 0 radical (unpaired) electrons. The van der Waals surface area contributed by atoms with Gasteiger partial charge in [-0.1, -0.05) is 23.4 Å². The average molecular weight is 452 g/mol. The first-order valence-electron chi connectivity index (χ1n) is 8.93. The topological polar surface area (TPSA) is 92.4 Å². The molecule has 1 saturated heterocycles. The Morgan fingerprint density at radius 1 is 1.17 bits per heavy atom. The summed E-state index contributed by atoms with van der Waals surface area (Å²) in [6, 6.07) is 11.5. The summed E-state index contributed by atoms with van der Waals surface area (Å²) in [4.78, 5) is 20.0. The first-order chi connectivity index (χ1) is 13.9. The number of hydrogen-bond acceptors (Lipinski definition) is 6. The van der Waals surface area contributed by atoms with Crippen molar-refractivity contribution in [3.63, 3.8) is 0 Å². The number of sulfonamides is 1. The molecule has 1 aliphatic heterocycles. The van der Waals surface area contributed by atoms with Crippen LogP contribution in [0.2, 0.25) is 5.02 Å². The summed E-state index contributed by atoms with van der Waals surface area (Å²) in [5.41, 5.74) is 1.84. The standard InChI is InChI=1S/C19H18ClN3O4S2/c20-14-3-1-13(2-4-14)18(24)12-28-19-21-16-6-5-15(11-17(16)22-19)29(25,26)23-7-9-27-10-8-23/h1-6,11H,7-10,12H2,(H,21,22). The van der Waals surface area contributed by atoms with Gasteiger partial charge in [0.15, 0.2) is 10.9 Å². The Morgan fingerprint density at radius 3 is 2.62 bits per heavy atom. The molecule has 29 heavy (non-hydrogen) atoms.